The molecular formula is C11H11F2O2. The van der Waals surface area contributed by atoms with Gasteiger partial charge in [-0.3, -0.25) is 0 Å². The minimum atomic E-state index is -2.85. The van der Waals surface area contributed by atoms with Gasteiger partial charge in [0, 0.05) is 5.56 Å². The second kappa shape index (κ2) is 5.34. The topological polar surface area (TPSA) is 18.5 Å². The second-order valence-corrected chi connectivity index (χ2v) is 2.65. The van der Waals surface area contributed by atoms with Gasteiger partial charge < -0.3 is 9.47 Å². The number of ether oxygens (including phenoxy) is 2. The van der Waals surface area contributed by atoms with Gasteiger partial charge in [-0.25, -0.2) is 0 Å². The van der Waals surface area contributed by atoms with Gasteiger partial charge in [-0.2, -0.15) is 8.78 Å². The molecule has 1 rings (SSSR count). The Labute approximate surface area is 87.1 Å². The zero-order valence-corrected chi connectivity index (χ0v) is 8.30. The summed E-state index contributed by atoms with van der Waals surface area (Å²) in [4.78, 5) is 0. The van der Waals surface area contributed by atoms with Crippen LogP contribution >= 0.6 is 0 Å². The summed E-state index contributed by atoms with van der Waals surface area (Å²) in [5, 5.41) is 0. The maximum atomic E-state index is 12.0. The molecule has 0 unspecified atom stereocenters. The van der Waals surface area contributed by atoms with E-state index in [0.717, 1.165) is 0 Å². The van der Waals surface area contributed by atoms with Crippen molar-refractivity contribution in [1.29, 1.82) is 0 Å². The molecule has 0 saturated carbocycles. The van der Waals surface area contributed by atoms with Gasteiger partial charge in [0.05, 0.1) is 6.61 Å². The Morgan fingerprint density at radius 3 is 2.73 bits per heavy atom. The molecule has 0 spiro atoms. The van der Waals surface area contributed by atoms with E-state index in [9.17, 15) is 8.78 Å². The first kappa shape index (κ1) is 11.5. The van der Waals surface area contributed by atoms with Crippen LogP contribution in [0.5, 0.6) is 11.5 Å². The van der Waals surface area contributed by atoms with Crippen LogP contribution in [0.1, 0.15) is 12.5 Å². The smallest absolute Gasteiger partial charge is 0.387 e. The SMILES string of the molecule is C=[C]c1cc(OCC)ccc1OC(F)F. The molecule has 0 fully saturated rings. The van der Waals surface area contributed by atoms with E-state index in [2.05, 4.69) is 17.4 Å². The van der Waals surface area contributed by atoms with Gasteiger partial charge in [-0.05, 0) is 31.2 Å². The molecule has 0 atom stereocenters. The molecule has 0 bridgehead atoms. The highest BCUT2D eigenvalue weighted by Gasteiger charge is 2.08. The number of hydrogen-bond acceptors (Lipinski definition) is 2. The third kappa shape index (κ3) is 3.23. The van der Waals surface area contributed by atoms with Crippen LogP contribution in [-0.4, -0.2) is 13.2 Å². The van der Waals surface area contributed by atoms with Crippen molar-refractivity contribution in [3.05, 3.63) is 36.4 Å². The molecular weight excluding hydrogens is 202 g/mol. The van der Waals surface area contributed by atoms with Crippen LogP contribution in [0.3, 0.4) is 0 Å². The molecule has 0 N–H and O–H groups in total. The average Bonchev–Trinajstić information content (AvgIpc) is 2.20. The third-order valence-electron chi connectivity index (χ3n) is 1.67. The van der Waals surface area contributed by atoms with Gasteiger partial charge >= 0.3 is 6.61 Å². The molecule has 0 aromatic heterocycles. The van der Waals surface area contributed by atoms with E-state index in [1.165, 1.54) is 6.07 Å². The Bertz CT molecular complexity index is 337. The lowest BCUT2D eigenvalue weighted by molar-refractivity contribution is -0.0501. The van der Waals surface area contributed by atoms with E-state index >= 15 is 0 Å². The first-order valence-corrected chi connectivity index (χ1v) is 4.42. The Balaban J connectivity index is 2.93. The van der Waals surface area contributed by atoms with Crippen molar-refractivity contribution >= 4 is 0 Å². The first-order chi connectivity index (χ1) is 7.17. The van der Waals surface area contributed by atoms with E-state index in [-0.39, 0.29) is 5.75 Å². The Hall–Kier alpha value is -1.58. The molecule has 0 aliphatic rings. The Morgan fingerprint density at radius 1 is 1.47 bits per heavy atom. The number of alkyl halides is 2. The highest BCUT2D eigenvalue weighted by atomic mass is 19.3. The summed E-state index contributed by atoms with van der Waals surface area (Å²) >= 11 is 0. The van der Waals surface area contributed by atoms with Crippen molar-refractivity contribution in [2.45, 2.75) is 13.5 Å². The highest BCUT2D eigenvalue weighted by molar-refractivity contribution is 5.43. The fourth-order valence-electron chi connectivity index (χ4n) is 1.10. The van der Waals surface area contributed by atoms with Crippen molar-refractivity contribution in [1.82, 2.24) is 0 Å². The fraction of sp³-hybridized carbons (Fsp3) is 0.273. The number of rotatable bonds is 5. The van der Waals surface area contributed by atoms with Gasteiger partial charge in [-0.15, -0.1) is 0 Å². The summed E-state index contributed by atoms with van der Waals surface area (Å²) in [7, 11) is 0. The van der Waals surface area contributed by atoms with Gasteiger partial charge in [0.15, 0.2) is 0 Å². The van der Waals surface area contributed by atoms with Crippen molar-refractivity contribution in [2.75, 3.05) is 6.61 Å². The quantitative estimate of drug-likeness (QED) is 0.748. The number of halogens is 2. The van der Waals surface area contributed by atoms with Gasteiger partial charge in [0.1, 0.15) is 11.5 Å². The van der Waals surface area contributed by atoms with Crippen LogP contribution < -0.4 is 9.47 Å². The highest BCUT2D eigenvalue weighted by Crippen LogP contribution is 2.25. The Kier molecular flexibility index (Phi) is 4.09. The van der Waals surface area contributed by atoms with E-state index in [1.807, 2.05) is 6.92 Å². The van der Waals surface area contributed by atoms with E-state index in [0.29, 0.717) is 17.9 Å². The lowest BCUT2D eigenvalue weighted by Crippen LogP contribution is -2.03. The minimum absolute atomic E-state index is 0.0449. The minimum Gasteiger partial charge on any atom is -0.494 e. The van der Waals surface area contributed by atoms with Gasteiger partial charge in [0.2, 0.25) is 0 Å². The van der Waals surface area contributed by atoms with Crippen molar-refractivity contribution in [3.8, 4) is 11.5 Å². The summed E-state index contributed by atoms with van der Waals surface area (Å²) in [5.41, 5.74) is 0.362. The van der Waals surface area contributed by atoms with Gasteiger partial charge in [-0.1, -0.05) is 6.58 Å². The monoisotopic (exact) mass is 213 g/mol. The molecule has 1 aromatic carbocycles. The molecule has 1 aromatic rings. The molecule has 0 amide bonds. The lowest BCUT2D eigenvalue weighted by atomic mass is 10.2. The summed E-state index contributed by atoms with van der Waals surface area (Å²) in [6.45, 7) is 2.88. The van der Waals surface area contributed by atoms with E-state index < -0.39 is 6.61 Å². The maximum Gasteiger partial charge on any atom is 0.387 e. The normalized spacial score (nSPS) is 10.1. The van der Waals surface area contributed by atoms with Crippen molar-refractivity contribution in [3.63, 3.8) is 0 Å². The largest absolute Gasteiger partial charge is 0.494 e. The summed E-state index contributed by atoms with van der Waals surface area (Å²) in [5.74, 6) is 0.619. The predicted molar refractivity (Wildman–Crippen MR) is 52.2 cm³/mol. The van der Waals surface area contributed by atoms with Crippen LogP contribution in [0.4, 0.5) is 8.78 Å². The fourth-order valence-corrected chi connectivity index (χ4v) is 1.10. The summed E-state index contributed by atoms with van der Waals surface area (Å²) < 4.78 is 33.4. The summed E-state index contributed by atoms with van der Waals surface area (Å²) in [6, 6.07) is 4.51. The predicted octanol–water partition coefficient (Wildman–Crippen LogP) is 3.02. The molecule has 0 aliphatic heterocycles. The summed E-state index contributed by atoms with van der Waals surface area (Å²) in [6.07, 6.45) is 2.51. The lowest BCUT2D eigenvalue weighted by Gasteiger charge is -2.09. The maximum absolute atomic E-state index is 12.0. The van der Waals surface area contributed by atoms with E-state index in [1.54, 1.807) is 12.1 Å². The zero-order valence-electron chi connectivity index (χ0n) is 8.30. The second-order valence-electron chi connectivity index (χ2n) is 2.65. The first-order valence-electron chi connectivity index (χ1n) is 4.42. The average molecular weight is 213 g/mol. The third-order valence-corrected chi connectivity index (χ3v) is 1.67. The molecule has 0 saturated heterocycles. The van der Waals surface area contributed by atoms with Crippen LogP contribution in [0, 0.1) is 6.08 Å². The molecule has 4 heteroatoms. The Morgan fingerprint density at radius 2 is 2.20 bits per heavy atom. The molecule has 0 heterocycles. The van der Waals surface area contributed by atoms with Crippen molar-refractivity contribution in [2.24, 2.45) is 0 Å². The number of hydrogen-bond donors (Lipinski definition) is 0. The van der Waals surface area contributed by atoms with Crippen LogP contribution in [0.15, 0.2) is 24.8 Å². The van der Waals surface area contributed by atoms with Crippen LogP contribution in [0.2, 0.25) is 0 Å². The van der Waals surface area contributed by atoms with Crippen LogP contribution in [-0.2, 0) is 0 Å². The zero-order chi connectivity index (χ0) is 11.3. The number of benzene rings is 1. The molecule has 0 aliphatic carbocycles. The standard InChI is InChI=1S/C11H11F2O2/c1-3-8-7-9(14-4-2)5-6-10(8)15-11(12)13/h5-7,11H,1,4H2,2H3. The molecule has 2 nitrogen and oxygen atoms in total. The van der Waals surface area contributed by atoms with Gasteiger partial charge in [0.25, 0.3) is 0 Å². The van der Waals surface area contributed by atoms with Crippen LogP contribution in [0.25, 0.3) is 0 Å². The van der Waals surface area contributed by atoms with E-state index in [4.69, 9.17) is 4.74 Å². The van der Waals surface area contributed by atoms with Crippen molar-refractivity contribution < 1.29 is 18.3 Å². The molecule has 81 valence electrons. The molecule has 1 radical (unpaired) electrons. The molecule has 15 heavy (non-hydrogen) atoms.